The van der Waals surface area contributed by atoms with Gasteiger partial charge in [0.05, 0.1) is 5.92 Å². The summed E-state index contributed by atoms with van der Waals surface area (Å²) >= 11 is 0. The molecule has 3 N–H and O–H groups in total. The minimum atomic E-state index is -1.21. The van der Waals surface area contributed by atoms with Gasteiger partial charge in [0.2, 0.25) is 0 Å². The number of rotatable bonds is 1. The van der Waals surface area contributed by atoms with Crippen molar-refractivity contribution in [2.75, 3.05) is 0 Å². The van der Waals surface area contributed by atoms with E-state index in [1.54, 1.807) is 6.92 Å². The summed E-state index contributed by atoms with van der Waals surface area (Å²) in [5, 5.41) is 10.2. The third kappa shape index (κ3) is 1.56. The largest absolute Gasteiger partial charge is 0.335 e. The molecule has 0 aromatic carbocycles. The van der Waals surface area contributed by atoms with Gasteiger partial charge in [-0.3, -0.25) is 4.85 Å². The van der Waals surface area contributed by atoms with Gasteiger partial charge < -0.3 is 10.8 Å². The predicted octanol–water partition coefficient (Wildman–Crippen LogP) is 2.16. The zero-order valence-corrected chi connectivity index (χ0v) is 10.2. The number of hydrogen-bond donors (Lipinski definition) is 2. The Hall–Kier alpha value is -0.590. The number of hydrogen-bond acceptors (Lipinski definition) is 2. The van der Waals surface area contributed by atoms with Crippen LogP contribution in [0.2, 0.25) is 0 Å². The Kier molecular flexibility index (Phi) is 2.76. The lowest BCUT2D eigenvalue weighted by Crippen LogP contribution is -2.48. The molecule has 2 rings (SSSR count). The highest BCUT2D eigenvalue weighted by molar-refractivity contribution is 5.08. The van der Waals surface area contributed by atoms with E-state index in [9.17, 15) is 5.11 Å². The summed E-state index contributed by atoms with van der Waals surface area (Å²) < 4.78 is 0. The van der Waals surface area contributed by atoms with Crippen LogP contribution >= 0.6 is 0 Å². The summed E-state index contributed by atoms with van der Waals surface area (Å²) in [6.07, 6.45) is 5.38. The molecule has 2 fully saturated rings. The van der Waals surface area contributed by atoms with Crippen LogP contribution in [0.25, 0.3) is 4.85 Å². The molecule has 2 saturated carbocycles. The number of nitrogens with zero attached hydrogens (tertiary/aromatic N) is 1. The van der Waals surface area contributed by atoms with Crippen molar-refractivity contribution in [3.8, 4) is 0 Å². The van der Waals surface area contributed by atoms with Crippen LogP contribution in [-0.4, -0.2) is 16.9 Å². The van der Waals surface area contributed by atoms with E-state index in [1.165, 1.54) is 0 Å². The second kappa shape index (κ2) is 3.72. The Morgan fingerprint density at radius 1 is 1.44 bits per heavy atom. The number of fused-ring (bicyclic) bond motifs is 1. The fourth-order valence-electron chi connectivity index (χ4n) is 4.22. The highest BCUT2D eigenvalue weighted by atomic mass is 16.3. The monoisotopic (exact) mass is 222 g/mol. The molecule has 0 aromatic heterocycles. The zero-order valence-electron chi connectivity index (χ0n) is 10.2. The Morgan fingerprint density at radius 2 is 2.12 bits per heavy atom. The Bertz CT molecular complexity index is 320. The van der Waals surface area contributed by atoms with Crippen LogP contribution in [0, 0.1) is 23.8 Å². The van der Waals surface area contributed by atoms with Gasteiger partial charge in [-0.15, -0.1) is 0 Å². The molecule has 0 heterocycles. The minimum absolute atomic E-state index is 0.0751. The number of aliphatic hydroxyl groups is 1. The van der Waals surface area contributed by atoms with Gasteiger partial charge in [0.15, 0.2) is 0 Å². The summed E-state index contributed by atoms with van der Waals surface area (Å²) in [4.78, 5) is 3.43. The molecule has 90 valence electrons. The van der Waals surface area contributed by atoms with Gasteiger partial charge in [0.1, 0.15) is 0 Å². The van der Waals surface area contributed by atoms with Crippen LogP contribution in [-0.2, 0) is 0 Å². The van der Waals surface area contributed by atoms with E-state index >= 15 is 0 Å². The molecule has 5 atom stereocenters. The Labute approximate surface area is 97.8 Å². The maximum absolute atomic E-state index is 10.2. The lowest BCUT2D eigenvalue weighted by Gasteiger charge is -2.44. The van der Waals surface area contributed by atoms with Crippen LogP contribution in [0.1, 0.15) is 46.0 Å². The quantitative estimate of drug-likeness (QED) is 0.668. The maximum atomic E-state index is 10.2. The van der Waals surface area contributed by atoms with E-state index in [2.05, 4.69) is 11.8 Å². The first kappa shape index (κ1) is 11.9. The molecule has 0 saturated heterocycles. The molecule has 3 nitrogen and oxygen atoms in total. The Morgan fingerprint density at radius 3 is 2.75 bits per heavy atom. The molecule has 0 spiro atoms. The molecule has 2 aliphatic carbocycles. The van der Waals surface area contributed by atoms with Gasteiger partial charge in [0.25, 0.3) is 0 Å². The van der Waals surface area contributed by atoms with Crippen molar-refractivity contribution in [2.24, 2.45) is 23.0 Å². The SMILES string of the molecule is [C-]#[N+][C@](C)(O)C1CCC2C(N)CCC[C@@]21C. The molecule has 0 radical (unpaired) electrons. The first-order chi connectivity index (χ1) is 7.42. The van der Waals surface area contributed by atoms with Crippen molar-refractivity contribution in [3.05, 3.63) is 11.4 Å². The Balaban J connectivity index is 2.29. The predicted molar refractivity (Wildman–Crippen MR) is 63.4 cm³/mol. The summed E-state index contributed by atoms with van der Waals surface area (Å²) in [7, 11) is 0. The molecular formula is C13H22N2O. The topological polar surface area (TPSA) is 50.6 Å². The third-order valence-electron chi connectivity index (χ3n) is 5.07. The van der Waals surface area contributed by atoms with Crippen LogP contribution in [0.3, 0.4) is 0 Å². The fourth-order valence-corrected chi connectivity index (χ4v) is 4.22. The third-order valence-corrected chi connectivity index (χ3v) is 5.07. The van der Waals surface area contributed by atoms with Crippen LogP contribution in [0.15, 0.2) is 0 Å². The van der Waals surface area contributed by atoms with E-state index < -0.39 is 5.72 Å². The first-order valence-electron chi connectivity index (χ1n) is 6.28. The summed E-state index contributed by atoms with van der Waals surface area (Å²) in [6.45, 7) is 11.1. The van der Waals surface area contributed by atoms with Crippen molar-refractivity contribution < 1.29 is 5.11 Å². The summed E-state index contributed by atoms with van der Waals surface area (Å²) in [6, 6.07) is 0.269. The van der Waals surface area contributed by atoms with Gasteiger partial charge in [-0.1, -0.05) is 13.3 Å². The lowest BCUT2D eigenvalue weighted by molar-refractivity contribution is -0.0381. The van der Waals surface area contributed by atoms with E-state index in [1.807, 2.05) is 0 Å². The van der Waals surface area contributed by atoms with Crippen molar-refractivity contribution >= 4 is 0 Å². The van der Waals surface area contributed by atoms with Crippen LogP contribution in [0.4, 0.5) is 0 Å². The molecule has 2 aliphatic rings. The zero-order chi connectivity index (χ0) is 12.0. The molecule has 0 amide bonds. The fraction of sp³-hybridized carbons (Fsp3) is 0.923. The van der Waals surface area contributed by atoms with Gasteiger partial charge in [-0.2, -0.15) is 0 Å². The van der Waals surface area contributed by atoms with Gasteiger partial charge in [0, 0.05) is 13.0 Å². The highest BCUT2D eigenvalue weighted by Crippen LogP contribution is 2.58. The van der Waals surface area contributed by atoms with E-state index in [4.69, 9.17) is 12.3 Å². The van der Waals surface area contributed by atoms with E-state index in [0.29, 0.717) is 5.92 Å². The van der Waals surface area contributed by atoms with Crippen molar-refractivity contribution in [3.63, 3.8) is 0 Å². The molecule has 0 aliphatic heterocycles. The smallest absolute Gasteiger partial charge is 0.327 e. The van der Waals surface area contributed by atoms with Crippen LogP contribution in [0.5, 0.6) is 0 Å². The highest BCUT2D eigenvalue weighted by Gasteiger charge is 2.59. The average molecular weight is 222 g/mol. The van der Waals surface area contributed by atoms with Crippen molar-refractivity contribution in [1.29, 1.82) is 0 Å². The van der Waals surface area contributed by atoms with Gasteiger partial charge in [-0.25, -0.2) is 6.57 Å². The van der Waals surface area contributed by atoms with Gasteiger partial charge in [-0.05, 0) is 37.0 Å². The average Bonchev–Trinajstić information content (AvgIpc) is 2.57. The second-order valence-electron chi connectivity index (χ2n) is 6.00. The molecule has 16 heavy (non-hydrogen) atoms. The molecule has 0 aromatic rings. The van der Waals surface area contributed by atoms with Crippen molar-refractivity contribution in [2.45, 2.75) is 57.7 Å². The van der Waals surface area contributed by atoms with E-state index in [0.717, 1.165) is 32.1 Å². The normalized spacial score (nSPS) is 46.8. The minimum Gasteiger partial charge on any atom is -0.327 e. The lowest BCUT2D eigenvalue weighted by atomic mass is 9.62. The first-order valence-corrected chi connectivity index (χ1v) is 6.28. The standard InChI is InChI=1S/C13H22N2O/c1-12-8-4-5-10(14)9(12)6-7-11(12)13(2,16)15-3/h9-11,16H,4-8,14H2,1-2H3/t9?,10?,11?,12-,13+/m0/s1. The summed E-state index contributed by atoms with van der Waals surface area (Å²) in [5.74, 6) is 0.591. The molecular weight excluding hydrogens is 200 g/mol. The molecule has 3 heteroatoms. The second-order valence-corrected chi connectivity index (χ2v) is 6.00. The maximum Gasteiger partial charge on any atom is 0.335 e. The van der Waals surface area contributed by atoms with Gasteiger partial charge >= 0.3 is 5.72 Å². The summed E-state index contributed by atoms with van der Waals surface area (Å²) in [5.41, 5.74) is 5.06. The number of nitrogens with two attached hydrogens (primary N) is 1. The van der Waals surface area contributed by atoms with E-state index in [-0.39, 0.29) is 17.4 Å². The molecule has 0 bridgehead atoms. The van der Waals surface area contributed by atoms with Crippen molar-refractivity contribution in [1.82, 2.24) is 0 Å². The van der Waals surface area contributed by atoms with Crippen LogP contribution < -0.4 is 5.73 Å². The molecule has 3 unspecified atom stereocenters.